The molecule has 18 heavy (non-hydrogen) atoms. The molecule has 3 rings (SSSR count). The highest BCUT2D eigenvalue weighted by molar-refractivity contribution is 5.88. The zero-order valence-electron chi connectivity index (χ0n) is 10.6. The molecule has 3 heteroatoms. The number of fused-ring (bicyclic) bond motifs is 3. The molecule has 1 aliphatic rings. The lowest BCUT2D eigenvalue weighted by molar-refractivity contribution is 0.461. The molecule has 1 aliphatic carbocycles. The van der Waals surface area contributed by atoms with E-state index in [0.29, 0.717) is 11.5 Å². The van der Waals surface area contributed by atoms with Crippen molar-refractivity contribution in [1.29, 1.82) is 0 Å². The third-order valence-electron chi connectivity index (χ3n) is 3.78. The number of hydrogen-bond donors (Lipinski definition) is 1. The fourth-order valence-electron chi connectivity index (χ4n) is 2.87. The van der Waals surface area contributed by atoms with E-state index < -0.39 is 0 Å². The quantitative estimate of drug-likeness (QED) is 0.725. The lowest BCUT2D eigenvalue weighted by atomic mass is 9.84. The first-order valence-corrected chi connectivity index (χ1v) is 6.34. The zero-order valence-corrected chi connectivity index (χ0v) is 10.6. The van der Waals surface area contributed by atoms with Gasteiger partial charge in [-0.2, -0.15) is 0 Å². The van der Waals surface area contributed by atoms with Crippen LogP contribution in [0.25, 0.3) is 11.0 Å². The van der Waals surface area contributed by atoms with Crippen molar-refractivity contribution in [3.05, 3.63) is 39.2 Å². The van der Waals surface area contributed by atoms with Gasteiger partial charge in [0.15, 0.2) is 0 Å². The maximum absolute atomic E-state index is 12.0. The van der Waals surface area contributed by atoms with Crippen LogP contribution in [-0.4, -0.2) is 5.11 Å². The normalized spacial score (nSPS) is 18.9. The van der Waals surface area contributed by atoms with Crippen LogP contribution in [-0.2, 0) is 12.8 Å². The lowest BCUT2D eigenvalue weighted by Crippen LogP contribution is -2.20. The van der Waals surface area contributed by atoms with Crippen LogP contribution in [0.1, 0.15) is 30.0 Å². The van der Waals surface area contributed by atoms with Gasteiger partial charge < -0.3 is 9.52 Å². The van der Waals surface area contributed by atoms with E-state index in [-0.39, 0.29) is 11.4 Å². The Kier molecular flexibility index (Phi) is 2.44. The van der Waals surface area contributed by atoms with Crippen molar-refractivity contribution in [2.45, 2.75) is 33.1 Å². The van der Waals surface area contributed by atoms with Gasteiger partial charge in [0.25, 0.3) is 0 Å². The Labute approximate surface area is 105 Å². The van der Waals surface area contributed by atoms with Crippen LogP contribution in [0.3, 0.4) is 0 Å². The van der Waals surface area contributed by atoms with Crippen molar-refractivity contribution in [3.8, 4) is 5.75 Å². The Hall–Kier alpha value is -1.77. The van der Waals surface area contributed by atoms with E-state index in [1.165, 1.54) is 0 Å². The Balaban J connectivity index is 2.43. The number of phenolic OH excluding ortho intramolecular Hbond substituents is 1. The highest BCUT2D eigenvalue weighted by atomic mass is 16.4. The monoisotopic (exact) mass is 244 g/mol. The summed E-state index contributed by atoms with van der Waals surface area (Å²) in [5.41, 5.74) is 2.89. The molecule has 0 fully saturated rings. The average Bonchev–Trinajstić information content (AvgIpc) is 2.27. The lowest BCUT2D eigenvalue weighted by Gasteiger charge is -2.21. The Morgan fingerprint density at radius 2 is 2.11 bits per heavy atom. The van der Waals surface area contributed by atoms with Crippen LogP contribution in [0.5, 0.6) is 5.75 Å². The molecule has 0 radical (unpaired) electrons. The summed E-state index contributed by atoms with van der Waals surface area (Å²) < 4.78 is 5.34. The number of phenols is 1. The van der Waals surface area contributed by atoms with Crippen LogP contribution in [0.2, 0.25) is 0 Å². The molecule has 0 aliphatic heterocycles. The first kappa shape index (κ1) is 11.3. The Morgan fingerprint density at radius 3 is 2.89 bits per heavy atom. The van der Waals surface area contributed by atoms with Gasteiger partial charge in [0, 0.05) is 5.56 Å². The summed E-state index contributed by atoms with van der Waals surface area (Å²) in [7, 11) is 0. The second-order valence-corrected chi connectivity index (χ2v) is 5.35. The van der Waals surface area contributed by atoms with Crippen molar-refractivity contribution in [1.82, 2.24) is 0 Å². The van der Waals surface area contributed by atoms with E-state index in [2.05, 4.69) is 6.92 Å². The summed E-state index contributed by atoms with van der Waals surface area (Å²) in [5.74, 6) is 0.766. The predicted molar refractivity (Wildman–Crippen MR) is 70.1 cm³/mol. The van der Waals surface area contributed by atoms with E-state index in [0.717, 1.165) is 41.3 Å². The molecule has 0 unspecified atom stereocenters. The van der Waals surface area contributed by atoms with Crippen molar-refractivity contribution >= 4 is 11.0 Å². The van der Waals surface area contributed by atoms with Gasteiger partial charge >= 0.3 is 5.63 Å². The molecule has 0 bridgehead atoms. The first-order valence-electron chi connectivity index (χ1n) is 6.34. The minimum Gasteiger partial charge on any atom is -0.507 e. The van der Waals surface area contributed by atoms with Crippen molar-refractivity contribution in [2.75, 3.05) is 0 Å². The Bertz CT molecular complexity index is 682. The molecule has 1 atom stereocenters. The van der Waals surface area contributed by atoms with Gasteiger partial charge in [-0.3, -0.25) is 0 Å². The summed E-state index contributed by atoms with van der Waals surface area (Å²) >= 11 is 0. The van der Waals surface area contributed by atoms with Crippen LogP contribution >= 0.6 is 0 Å². The maximum atomic E-state index is 12.0. The third-order valence-corrected chi connectivity index (χ3v) is 3.78. The van der Waals surface area contributed by atoms with E-state index in [1.807, 2.05) is 13.0 Å². The zero-order chi connectivity index (χ0) is 12.9. The van der Waals surface area contributed by atoms with Gasteiger partial charge in [-0.15, -0.1) is 0 Å². The van der Waals surface area contributed by atoms with Crippen molar-refractivity contribution in [3.63, 3.8) is 0 Å². The minimum absolute atomic E-state index is 0.221. The van der Waals surface area contributed by atoms with Gasteiger partial charge in [0.05, 0.1) is 5.39 Å². The summed E-state index contributed by atoms with van der Waals surface area (Å²) in [4.78, 5) is 12.0. The molecule has 2 aromatic rings. The molecule has 1 aromatic heterocycles. The maximum Gasteiger partial charge on any atom is 0.339 e. The highest BCUT2D eigenvalue weighted by Crippen LogP contribution is 2.35. The molecule has 0 saturated carbocycles. The largest absolute Gasteiger partial charge is 0.507 e. The van der Waals surface area contributed by atoms with Crippen LogP contribution in [0.15, 0.2) is 21.3 Å². The van der Waals surface area contributed by atoms with E-state index in [4.69, 9.17) is 4.42 Å². The molecule has 1 aromatic carbocycles. The molecular formula is C15H16O3. The van der Waals surface area contributed by atoms with Gasteiger partial charge in [0.1, 0.15) is 11.3 Å². The number of benzene rings is 1. The predicted octanol–water partition coefficient (Wildman–Crippen LogP) is 2.93. The summed E-state index contributed by atoms with van der Waals surface area (Å²) in [5, 5.41) is 10.8. The minimum atomic E-state index is -0.241. The second-order valence-electron chi connectivity index (χ2n) is 5.35. The van der Waals surface area contributed by atoms with Gasteiger partial charge in [0.2, 0.25) is 0 Å². The van der Waals surface area contributed by atoms with Gasteiger partial charge in [-0.25, -0.2) is 4.79 Å². The second kappa shape index (κ2) is 3.87. The average molecular weight is 244 g/mol. The number of hydrogen-bond acceptors (Lipinski definition) is 3. The molecule has 1 N–H and O–H groups in total. The molecular weight excluding hydrogens is 228 g/mol. The SMILES string of the molecule is Cc1cc(O)c2c3c(c(=O)oc2c1)CC[C@@H](C)C3. The van der Waals surface area contributed by atoms with E-state index >= 15 is 0 Å². The number of rotatable bonds is 0. The van der Waals surface area contributed by atoms with Crippen LogP contribution in [0, 0.1) is 12.8 Å². The standard InChI is InChI=1S/C15H16O3/c1-8-3-4-10-11(5-8)14-12(16)6-9(2)7-13(14)18-15(10)17/h6-8,16H,3-5H2,1-2H3/t8-/m1/s1. The van der Waals surface area contributed by atoms with Crippen LogP contribution in [0.4, 0.5) is 0 Å². The smallest absolute Gasteiger partial charge is 0.339 e. The molecule has 3 nitrogen and oxygen atoms in total. The number of aryl methyl sites for hydroxylation is 1. The number of aromatic hydroxyl groups is 1. The molecule has 0 spiro atoms. The fourth-order valence-corrected chi connectivity index (χ4v) is 2.87. The Morgan fingerprint density at radius 1 is 1.33 bits per heavy atom. The van der Waals surface area contributed by atoms with E-state index in [9.17, 15) is 9.90 Å². The summed E-state index contributed by atoms with van der Waals surface area (Å²) in [6, 6.07) is 3.54. The van der Waals surface area contributed by atoms with Gasteiger partial charge in [-0.1, -0.05) is 6.92 Å². The van der Waals surface area contributed by atoms with Gasteiger partial charge in [-0.05, 0) is 55.4 Å². The van der Waals surface area contributed by atoms with Crippen LogP contribution < -0.4 is 5.63 Å². The molecule has 1 heterocycles. The molecule has 94 valence electrons. The van der Waals surface area contributed by atoms with Crippen molar-refractivity contribution < 1.29 is 9.52 Å². The summed E-state index contributed by atoms with van der Waals surface area (Å²) in [6.07, 6.45) is 2.60. The molecule has 0 saturated heterocycles. The molecule has 0 amide bonds. The topological polar surface area (TPSA) is 50.4 Å². The fraction of sp³-hybridized carbons (Fsp3) is 0.400. The highest BCUT2D eigenvalue weighted by Gasteiger charge is 2.23. The summed E-state index contributed by atoms with van der Waals surface area (Å²) in [6.45, 7) is 4.05. The third kappa shape index (κ3) is 1.62. The first-order chi connectivity index (χ1) is 8.56. The van der Waals surface area contributed by atoms with Crippen molar-refractivity contribution in [2.24, 2.45) is 5.92 Å². The van der Waals surface area contributed by atoms with E-state index in [1.54, 1.807) is 6.07 Å².